The van der Waals surface area contributed by atoms with Crippen LogP contribution in [0.5, 0.6) is 0 Å². The lowest BCUT2D eigenvalue weighted by molar-refractivity contribution is -0.124. The zero-order chi connectivity index (χ0) is 14.7. The molecule has 112 valence electrons. The Morgan fingerprint density at radius 3 is 2.47 bits per heavy atom. The third-order valence-corrected chi connectivity index (χ3v) is 4.34. The molecule has 0 aromatic carbocycles. The van der Waals surface area contributed by atoms with Crippen molar-refractivity contribution in [3.8, 4) is 0 Å². The maximum absolute atomic E-state index is 12.2. The quantitative estimate of drug-likeness (QED) is 0.687. The maximum Gasteiger partial charge on any atom is 0.237 e. The summed E-state index contributed by atoms with van der Waals surface area (Å²) in [5, 5.41) is 9.77. The Bertz CT molecular complexity index is 307. The molecule has 0 radical (unpaired) electrons. The van der Waals surface area contributed by atoms with Gasteiger partial charge in [0, 0.05) is 11.6 Å². The van der Waals surface area contributed by atoms with Crippen LogP contribution in [0.2, 0.25) is 0 Å². The molecule has 0 aliphatic carbocycles. The van der Waals surface area contributed by atoms with Gasteiger partial charge in [0.05, 0.1) is 6.04 Å². The van der Waals surface area contributed by atoms with Gasteiger partial charge in [0.2, 0.25) is 5.91 Å². The minimum absolute atomic E-state index is 0.00381. The largest absolute Gasteiger partial charge is 0.350 e. The molecule has 2 atom stereocenters. The average Bonchev–Trinajstić information content (AvgIpc) is 2.78. The molecular formula is C15H31N3O. The lowest BCUT2D eigenvalue weighted by Crippen LogP contribution is -2.53. The molecular weight excluding hydrogens is 238 g/mol. The molecule has 0 saturated carbocycles. The molecule has 3 N–H and O–H groups in total. The first-order valence-corrected chi connectivity index (χ1v) is 7.41. The summed E-state index contributed by atoms with van der Waals surface area (Å²) in [6, 6.07) is 0.414. The molecule has 1 amide bonds. The lowest BCUT2D eigenvalue weighted by atomic mass is 9.75. The van der Waals surface area contributed by atoms with Crippen LogP contribution in [0, 0.1) is 5.41 Å². The molecule has 0 bridgehead atoms. The van der Waals surface area contributed by atoms with Crippen molar-refractivity contribution in [2.24, 2.45) is 5.41 Å². The third kappa shape index (κ3) is 4.77. The summed E-state index contributed by atoms with van der Waals surface area (Å²) < 4.78 is 0. The summed E-state index contributed by atoms with van der Waals surface area (Å²) in [5.41, 5.74) is -0.0510. The van der Waals surface area contributed by atoms with E-state index in [9.17, 15) is 4.79 Å². The number of carbonyl (C=O) groups excluding carboxylic acids is 1. The van der Waals surface area contributed by atoms with E-state index in [1.807, 2.05) is 7.05 Å². The number of nitrogens with one attached hydrogen (secondary N) is 3. The van der Waals surface area contributed by atoms with Crippen LogP contribution in [-0.2, 0) is 4.79 Å². The highest BCUT2D eigenvalue weighted by molar-refractivity contribution is 5.82. The normalized spacial score (nSPS) is 22.3. The highest BCUT2D eigenvalue weighted by atomic mass is 16.2. The second-order valence-corrected chi connectivity index (χ2v) is 7.20. The van der Waals surface area contributed by atoms with Crippen LogP contribution in [0.4, 0.5) is 0 Å². The molecule has 1 rings (SSSR count). The molecule has 1 aliphatic rings. The van der Waals surface area contributed by atoms with Gasteiger partial charge in [-0.1, -0.05) is 13.8 Å². The van der Waals surface area contributed by atoms with E-state index in [2.05, 4.69) is 50.6 Å². The smallest absolute Gasteiger partial charge is 0.237 e. The minimum Gasteiger partial charge on any atom is -0.350 e. The van der Waals surface area contributed by atoms with E-state index in [-0.39, 0.29) is 22.9 Å². The van der Waals surface area contributed by atoms with Gasteiger partial charge in [-0.05, 0) is 59.0 Å². The standard InChI is InChI=1S/C15H31N3O/c1-11(16-6)14(2,3)10-15(4,5)18-13(19)12-8-7-9-17-12/h11-12,16-17H,7-10H2,1-6H3,(H,18,19). The summed E-state index contributed by atoms with van der Waals surface area (Å²) in [5.74, 6) is 0.149. The van der Waals surface area contributed by atoms with Gasteiger partial charge in [0.1, 0.15) is 0 Å². The monoisotopic (exact) mass is 269 g/mol. The van der Waals surface area contributed by atoms with Crippen molar-refractivity contribution < 1.29 is 4.79 Å². The SMILES string of the molecule is CNC(C)C(C)(C)CC(C)(C)NC(=O)C1CCCN1. The molecule has 4 heteroatoms. The number of hydrogen-bond acceptors (Lipinski definition) is 3. The van der Waals surface area contributed by atoms with Crippen molar-refractivity contribution in [1.82, 2.24) is 16.0 Å². The Hall–Kier alpha value is -0.610. The summed E-state index contributed by atoms with van der Waals surface area (Å²) in [6.07, 6.45) is 3.00. The molecule has 0 aromatic rings. The summed E-state index contributed by atoms with van der Waals surface area (Å²) in [4.78, 5) is 12.2. The van der Waals surface area contributed by atoms with Crippen LogP contribution in [0.25, 0.3) is 0 Å². The van der Waals surface area contributed by atoms with Gasteiger partial charge in [0.25, 0.3) is 0 Å². The van der Waals surface area contributed by atoms with Crippen LogP contribution >= 0.6 is 0 Å². The number of amides is 1. The Morgan fingerprint density at radius 1 is 1.37 bits per heavy atom. The van der Waals surface area contributed by atoms with Crippen molar-refractivity contribution in [2.75, 3.05) is 13.6 Å². The fourth-order valence-corrected chi connectivity index (χ4v) is 3.06. The van der Waals surface area contributed by atoms with Crippen LogP contribution in [-0.4, -0.2) is 37.1 Å². The van der Waals surface area contributed by atoms with Crippen molar-refractivity contribution in [3.63, 3.8) is 0 Å². The van der Waals surface area contributed by atoms with Crippen molar-refractivity contribution in [3.05, 3.63) is 0 Å². The highest BCUT2D eigenvalue weighted by Gasteiger charge is 2.35. The van der Waals surface area contributed by atoms with Gasteiger partial charge in [-0.3, -0.25) is 4.79 Å². The predicted molar refractivity (Wildman–Crippen MR) is 80.2 cm³/mol. The lowest BCUT2D eigenvalue weighted by Gasteiger charge is -2.39. The van der Waals surface area contributed by atoms with Gasteiger partial charge >= 0.3 is 0 Å². The molecule has 0 aromatic heterocycles. The van der Waals surface area contributed by atoms with Crippen molar-refractivity contribution >= 4 is 5.91 Å². The van der Waals surface area contributed by atoms with Crippen molar-refractivity contribution in [2.45, 2.75) is 71.5 Å². The molecule has 0 spiro atoms. The number of carbonyl (C=O) groups is 1. The maximum atomic E-state index is 12.2. The van der Waals surface area contributed by atoms with Gasteiger partial charge in [0.15, 0.2) is 0 Å². The molecule has 4 nitrogen and oxygen atoms in total. The Kier molecular flexibility index (Phi) is 5.39. The second-order valence-electron chi connectivity index (χ2n) is 7.20. The molecule has 1 fully saturated rings. The zero-order valence-electron chi connectivity index (χ0n) is 13.4. The fraction of sp³-hybridized carbons (Fsp3) is 0.933. The number of hydrogen-bond donors (Lipinski definition) is 3. The second kappa shape index (κ2) is 6.23. The van der Waals surface area contributed by atoms with Gasteiger partial charge < -0.3 is 16.0 Å². The predicted octanol–water partition coefficient (Wildman–Crippen LogP) is 1.66. The Labute approximate surface area is 118 Å². The van der Waals surface area contributed by atoms with E-state index in [0.717, 1.165) is 25.8 Å². The van der Waals surface area contributed by atoms with Crippen LogP contribution in [0.1, 0.15) is 53.9 Å². The van der Waals surface area contributed by atoms with Gasteiger partial charge in [-0.2, -0.15) is 0 Å². The zero-order valence-corrected chi connectivity index (χ0v) is 13.4. The topological polar surface area (TPSA) is 53.2 Å². The summed E-state index contributed by atoms with van der Waals surface area (Å²) in [6.45, 7) is 11.9. The Balaban J connectivity index is 2.57. The van der Waals surface area contributed by atoms with Crippen LogP contribution in [0.3, 0.4) is 0 Å². The fourth-order valence-electron chi connectivity index (χ4n) is 3.06. The molecule has 2 unspecified atom stereocenters. The molecule has 1 saturated heterocycles. The summed E-state index contributed by atoms with van der Waals surface area (Å²) >= 11 is 0. The minimum atomic E-state index is -0.185. The highest BCUT2D eigenvalue weighted by Crippen LogP contribution is 2.31. The summed E-state index contributed by atoms with van der Waals surface area (Å²) in [7, 11) is 1.99. The van der Waals surface area contributed by atoms with Crippen molar-refractivity contribution in [1.29, 1.82) is 0 Å². The van der Waals surface area contributed by atoms with Gasteiger partial charge in [-0.25, -0.2) is 0 Å². The van der Waals surface area contributed by atoms with E-state index in [0.29, 0.717) is 6.04 Å². The third-order valence-electron chi connectivity index (χ3n) is 4.34. The number of rotatable bonds is 6. The van der Waals surface area contributed by atoms with E-state index in [4.69, 9.17) is 0 Å². The van der Waals surface area contributed by atoms with E-state index in [1.165, 1.54) is 0 Å². The first-order valence-electron chi connectivity index (χ1n) is 7.41. The average molecular weight is 269 g/mol. The molecule has 19 heavy (non-hydrogen) atoms. The molecule has 1 aliphatic heterocycles. The first-order chi connectivity index (χ1) is 8.68. The molecule has 1 heterocycles. The Morgan fingerprint density at radius 2 is 2.00 bits per heavy atom. The van der Waals surface area contributed by atoms with E-state index >= 15 is 0 Å². The van der Waals surface area contributed by atoms with E-state index in [1.54, 1.807) is 0 Å². The first kappa shape index (κ1) is 16.4. The van der Waals surface area contributed by atoms with Gasteiger partial charge in [-0.15, -0.1) is 0 Å². The van der Waals surface area contributed by atoms with E-state index < -0.39 is 0 Å². The van der Waals surface area contributed by atoms with Crippen LogP contribution in [0.15, 0.2) is 0 Å². The van der Waals surface area contributed by atoms with Crippen LogP contribution < -0.4 is 16.0 Å².